The summed E-state index contributed by atoms with van der Waals surface area (Å²) in [6.07, 6.45) is 5.82. The van der Waals surface area contributed by atoms with Crippen molar-refractivity contribution in [3.63, 3.8) is 0 Å². The first-order valence-corrected chi connectivity index (χ1v) is 9.44. The molecule has 0 aliphatic carbocycles. The number of aromatic carboxylic acids is 1. The lowest BCUT2D eigenvalue weighted by Gasteiger charge is -2.32. The molecule has 1 aliphatic heterocycles. The molecule has 1 N–H and O–H groups in total. The van der Waals surface area contributed by atoms with Gasteiger partial charge in [-0.2, -0.15) is 5.10 Å². The van der Waals surface area contributed by atoms with Crippen LogP contribution in [0, 0.1) is 12.8 Å². The molecule has 2 aromatic heterocycles. The maximum absolute atomic E-state index is 12.9. The van der Waals surface area contributed by atoms with E-state index in [1.807, 2.05) is 30.0 Å². The average Bonchev–Trinajstić information content (AvgIpc) is 3.11. The van der Waals surface area contributed by atoms with Crippen LogP contribution in [-0.4, -0.2) is 49.6 Å². The van der Waals surface area contributed by atoms with E-state index in [-0.39, 0.29) is 5.91 Å². The van der Waals surface area contributed by atoms with Crippen molar-refractivity contribution in [2.75, 3.05) is 13.1 Å². The standard InChI is InChI=1S/C21H22N4O3/c1-14-6-11-25-19(23-14)18(13-22-25)20(26)24-9-7-15(8-10-24)12-16-4-2-3-5-17(16)21(27)28/h2-6,11,13,15H,7-10,12H2,1H3,(H,27,28). The first-order valence-electron chi connectivity index (χ1n) is 9.44. The van der Waals surface area contributed by atoms with Crippen molar-refractivity contribution in [2.24, 2.45) is 5.92 Å². The third-order valence-corrected chi connectivity index (χ3v) is 5.40. The van der Waals surface area contributed by atoms with Crippen LogP contribution in [0.2, 0.25) is 0 Å². The summed E-state index contributed by atoms with van der Waals surface area (Å²) in [5.41, 5.74) is 3.19. The molecule has 7 heteroatoms. The minimum absolute atomic E-state index is 0.0440. The van der Waals surface area contributed by atoms with E-state index in [2.05, 4.69) is 10.1 Å². The molecule has 0 saturated carbocycles. The molecule has 1 saturated heterocycles. The molecular weight excluding hydrogens is 356 g/mol. The van der Waals surface area contributed by atoms with Gasteiger partial charge < -0.3 is 10.0 Å². The summed E-state index contributed by atoms with van der Waals surface area (Å²) in [6, 6.07) is 9.01. The number of aromatic nitrogens is 3. The summed E-state index contributed by atoms with van der Waals surface area (Å²) < 4.78 is 1.62. The molecule has 144 valence electrons. The second-order valence-corrected chi connectivity index (χ2v) is 7.30. The van der Waals surface area contributed by atoms with Crippen LogP contribution < -0.4 is 0 Å². The van der Waals surface area contributed by atoms with Gasteiger partial charge in [0.15, 0.2) is 5.65 Å². The predicted octanol–water partition coefficient (Wildman–Crippen LogP) is 2.83. The molecule has 3 heterocycles. The zero-order valence-corrected chi connectivity index (χ0v) is 15.7. The number of carbonyl (C=O) groups is 2. The van der Waals surface area contributed by atoms with Gasteiger partial charge in [-0.3, -0.25) is 4.79 Å². The fourth-order valence-corrected chi connectivity index (χ4v) is 3.84. The molecule has 1 fully saturated rings. The second-order valence-electron chi connectivity index (χ2n) is 7.30. The molecule has 0 radical (unpaired) electrons. The van der Waals surface area contributed by atoms with Gasteiger partial charge in [-0.05, 0) is 49.8 Å². The van der Waals surface area contributed by atoms with Gasteiger partial charge in [0.1, 0.15) is 5.56 Å². The first kappa shape index (κ1) is 18.2. The van der Waals surface area contributed by atoms with Crippen LogP contribution in [0.3, 0.4) is 0 Å². The fourth-order valence-electron chi connectivity index (χ4n) is 3.84. The topological polar surface area (TPSA) is 87.8 Å². The Hall–Kier alpha value is -3.22. The van der Waals surface area contributed by atoms with Crippen LogP contribution in [0.1, 0.15) is 44.8 Å². The highest BCUT2D eigenvalue weighted by atomic mass is 16.4. The van der Waals surface area contributed by atoms with Crippen LogP contribution in [0.5, 0.6) is 0 Å². The number of amides is 1. The SMILES string of the molecule is Cc1ccn2ncc(C(=O)N3CCC(Cc4ccccc4C(=O)O)CC3)c2n1. The van der Waals surface area contributed by atoms with Crippen LogP contribution in [0.15, 0.2) is 42.7 Å². The van der Waals surface area contributed by atoms with E-state index in [0.717, 1.165) is 30.5 Å². The monoisotopic (exact) mass is 378 g/mol. The number of carboxylic acid groups (broad SMARTS) is 1. The third kappa shape index (κ3) is 3.47. The zero-order valence-electron chi connectivity index (χ0n) is 15.7. The normalized spacial score (nSPS) is 15.1. The van der Waals surface area contributed by atoms with Crippen LogP contribution in [0.25, 0.3) is 5.65 Å². The number of hydrogen-bond donors (Lipinski definition) is 1. The third-order valence-electron chi connectivity index (χ3n) is 5.40. The van der Waals surface area contributed by atoms with Gasteiger partial charge in [0, 0.05) is 25.0 Å². The second kappa shape index (κ2) is 7.42. The summed E-state index contributed by atoms with van der Waals surface area (Å²) >= 11 is 0. The molecule has 7 nitrogen and oxygen atoms in total. The van der Waals surface area contributed by atoms with E-state index in [1.165, 1.54) is 0 Å². The van der Waals surface area contributed by atoms with Gasteiger partial charge in [0.05, 0.1) is 11.8 Å². The van der Waals surface area contributed by atoms with Crippen molar-refractivity contribution < 1.29 is 14.7 Å². The Kier molecular flexibility index (Phi) is 4.81. The minimum atomic E-state index is -0.890. The number of rotatable bonds is 4. The van der Waals surface area contributed by atoms with E-state index >= 15 is 0 Å². The van der Waals surface area contributed by atoms with Crippen molar-refractivity contribution in [3.05, 3.63) is 65.1 Å². The maximum Gasteiger partial charge on any atom is 0.335 e. The van der Waals surface area contributed by atoms with E-state index in [9.17, 15) is 14.7 Å². The molecule has 1 aliphatic rings. The molecule has 28 heavy (non-hydrogen) atoms. The Balaban J connectivity index is 1.43. The highest BCUT2D eigenvalue weighted by molar-refractivity contribution is 5.99. The van der Waals surface area contributed by atoms with Gasteiger partial charge >= 0.3 is 5.97 Å². The Morgan fingerprint density at radius 1 is 1.14 bits per heavy atom. The molecule has 0 atom stereocenters. The van der Waals surface area contributed by atoms with Crippen LogP contribution in [-0.2, 0) is 6.42 Å². The number of likely N-dealkylation sites (tertiary alicyclic amines) is 1. The molecule has 1 aromatic carbocycles. The Labute approximate surface area is 162 Å². The highest BCUT2D eigenvalue weighted by Crippen LogP contribution is 2.25. The smallest absolute Gasteiger partial charge is 0.335 e. The van der Waals surface area contributed by atoms with Gasteiger partial charge in [0.25, 0.3) is 5.91 Å². The first-order chi connectivity index (χ1) is 13.5. The number of aryl methyl sites for hydroxylation is 1. The summed E-state index contributed by atoms with van der Waals surface area (Å²) in [5.74, 6) is -0.564. The van der Waals surface area contributed by atoms with Crippen molar-refractivity contribution in [1.82, 2.24) is 19.5 Å². The Bertz CT molecular complexity index is 1040. The summed E-state index contributed by atoms with van der Waals surface area (Å²) in [6.45, 7) is 3.20. The average molecular weight is 378 g/mol. The summed E-state index contributed by atoms with van der Waals surface area (Å²) in [7, 11) is 0. The summed E-state index contributed by atoms with van der Waals surface area (Å²) in [5, 5.41) is 13.6. The Morgan fingerprint density at radius 3 is 2.64 bits per heavy atom. The number of hydrogen-bond acceptors (Lipinski definition) is 4. The van der Waals surface area contributed by atoms with Gasteiger partial charge in [-0.15, -0.1) is 0 Å². The molecular formula is C21H22N4O3. The molecule has 1 amide bonds. The van der Waals surface area contributed by atoms with Gasteiger partial charge in [0.2, 0.25) is 0 Å². The molecule has 0 unspecified atom stereocenters. The van der Waals surface area contributed by atoms with Crippen molar-refractivity contribution in [2.45, 2.75) is 26.2 Å². The molecule has 0 spiro atoms. The summed E-state index contributed by atoms with van der Waals surface area (Å²) in [4.78, 5) is 30.6. The fraction of sp³-hybridized carbons (Fsp3) is 0.333. The number of carboxylic acids is 1. The van der Waals surface area contributed by atoms with E-state index in [1.54, 1.807) is 29.0 Å². The molecule has 4 rings (SSSR count). The van der Waals surface area contributed by atoms with E-state index in [0.29, 0.717) is 35.8 Å². The van der Waals surface area contributed by atoms with Crippen LogP contribution in [0.4, 0.5) is 0 Å². The number of fused-ring (bicyclic) bond motifs is 1. The quantitative estimate of drug-likeness (QED) is 0.754. The molecule has 3 aromatic rings. The largest absolute Gasteiger partial charge is 0.478 e. The van der Waals surface area contributed by atoms with Crippen molar-refractivity contribution in [1.29, 1.82) is 0 Å². The number of benzene rings is 1. The predicted molar refractivity (Wildman–Crippen MR) is 103 cm³/mol. The number of carbonyl (C=O) groups excluding carboxylic acids is 1. The maximum atomic E-state index is 12.9. The number of piperidine rings is 1. The lowest BCUT2D eigenvalue weighted by molar-refractivity contribution is 0.0692. The number of nitrogens with zero attached hydrogens (tertiary/aromatic N) is 4. The minimum Gasteiger partial charge on any atom is -0.478 e. The lowest BCUT2D eigenvalue weighted by Crippen LogP contribution is -2.39. The zero-order chi connectivity index (χ0) is 19.7. The van der Waals surface area contributed by atoms with E-state index < -0.39 is 5.97 Å². The van der Waals surface area contributed by atoms with Gasteiger partial charge in [-0.25, -0.2) is 14.3 Å². The van der Waals surface area contributed by atoms with Gasteiger partial charge in [-0.1, -0.05) is 18.2 Å². The van der Waals surface area contributed by atoms with Crippen molar-refractivity contribution >= 4 is 17.5 Å². The molecule has 0 bridgehead atoms. The van der Waals surface area contributed by atoms with Crippen LogP contribution >= 0.6 is 0 Å². The van der Waals surface area contributed by atoms with Crippen molar-refractivity contribution in [3.8, 4) is 0 Å². The van der Waals surface area contributed by atoms with E-state index in [4.69, 9.17) is 0 Å². The Morgan fingerprint density at radius 2 is 1.89 bits per heavy atom. The highest BCUT2D eigenvalue weighted by Gasteiger charge is 2.27. The lowest BCUT2D eigenvalue weighted by atomic mass is 9.88.